The van der Waals surface area contributed by atoms with E-state index in [0.717, 1.165) is 10.2 Å². The average molecular weight is 283 g/mol. The number of carbonyl (C=O) groups excluding carboxylic acids is 1. The van der Waals surface area contributed by atoms with Gasteiger partial charge in [-0.15, -0.1) is 0 Å². The fourth-order valence-corrected chi connectivity index (χ4v) is 1.83. The minimum Gasteiger partial charge on any atom is -0.368 e. The summed E-state index contributed by atoms with van der Waals surface area (Å²) in [4.78, 5) is 11.1. The Balaban J connectivity index is 2.22. The molecule has 1 atom stereocenters. The second-order valence-corrected chi connectivity index (χ2v) is 4.60. The van der Waals surface area contributed by atoms with Crippen molar-refractivity contribution in [2.75, 3.05) is 11.6 Å². The molecule has 1 heterocycles. The Morgan fingerprint density at radius 1 is 1.56 bits per heavy atom. The van der Waals surface area contributed by atoms with E-state index in [0.29, 0.717) is 0 Å². The van der Waals surface area contributed by atoms with E-state index >= 15 is 0 Å². The van der Waals surface area contributed by atoms with Gasteiger partial charge in [0.2, 0.25) is 5.91 Å². The first-order valence-corrected chi connectivity index (χ1v) is 5.48. The molecule has 1 aromatic carbocycles. The molecule has 84 valence electrons. The highest BCUT2D eigenvalue weighted by molar-refractivity contribution is 9.10. The van der Waals surface area contributed by atoms with Crippen molar-refractivity contribution in [2.24, 2.45) is 16.6 Å². The fraction of sp³-hybridized carbons (Fsp3) is 0.200. The van der Waals surface area contributed by atoms with Crippen LogP contribution in [0.5, 0.6) is 0 Å². The number of halogens is 1. The van der Waals surface area contributed by atoms with Crippen molar-refractivity contribution in [3.05, 3.63) is 28.7 Å². The maximum Gasteiger partial charge on any atom is 0.245 e. The van der Waals surface area contributed by atoms with Crippen LogP contribution in [0.15, 0.2) is 33.8 Å². The summed E-state index contributed by atoms with van der Waals surface area (Å²) >= 11 is 3.37. The van der Waals surface area contributed by atoms with Crippen LogP contribution >= 0.6 is 15.9 Å². The summed E-state index contributed by atoms with van der Waals surface area (Å²) in [6.07, 6.45) is 1.39. The van der Waals surface area contributed by atoms with Gasteiger partial charge in [-0.05, 0) is 18.2 Å². The van der Waals surface area contributed by atoms with Crippen LogP contribution in [0.3, 0.4) is 0 Å². The number of anilines is 1. The van der Waals surface area contributed by atoms with Gasteiger partial charge in [0.1, 0.15) is 0 Å². The van der Waals surface area contributed by atoms with Crippen molar-refractivity contribution >= 4 is 33.7 Å². The number of benzene rings is 1. The van der Waals surface area contributed by atoms with Crippen molar-refractivity contribution in [2.45, 2.75) is 5.54 Å². The molecule has 0 aromatic heterocycles. The van der Waals surface area contributed by atoms with Gasteiger partial charge in [-0.3, -0.25) is 9.80 Å². The van der Waals surface area contributed by atoms with Crippen molar-refractivity contribution in [1.82, 2.24) is 0 Å². The number of nitrogens with zero attached hydrogens (tertiary/aromatic N) is 2. The molecule has 4 N–H and O–H groups in total. The fourth-order valence-electron chi connectivity index (χ4n) is 1.44. The lowest BCUT2D eigenvalue weighted by Crippen LogP contribution is -2.56. The zero-order valence-corrected chi connectivity index (χ0v) is 10.0. The van der Waals surface area contributed by atoms with E-state index in [2.05, 4.69) is 21.0 Å². The molecular weight excluding hydrogens is 272 g/mol. The molecule has 0 saturated carbocycles. The Morgan fingerprint density at radius 3 is 2.88 bits per heavy atom. The smallest absolute Gasteiger partial charge is 0.245 e. The number of hydrazone groups is 1. The van der Waals surface area contributed by atoms with E-state index in [4.69, 9.17) is 11.5 Å². The molecule has 2 rings (SSSR count). The van der Waals surface area contributed by atoms with Gasteiger partial charge in [0.25, 0.3) is 0 Å². The number of carbonyl (C=O) groups is 1. The molecule has 0 fully saturated rings. The molecule has 0 radical (unpaired) electrons. The van der Waals surface area contributed by atoms with Gasteiger partial charge in [0, 0.05) is 4.47 Å². The Morgan fingerprint density at radius 2 is 2.31 bits per heavy atom. The largest absolute Gasteiger partial charge is 0.368 e. The Bertz CT molecular complexity index is 462. The molecule has 1 amide bonds. The first-order valence-electron chi connectivity index (χ1n) is 4.68. The Kier molecular flexibility index (Phi) is 2.69. The predicted molar refractivity (Wildman–Crippen MR) is 66.1 cm³/mol. The van der Waals surface area contributed by atoms with Crippen LogP contribution in [-0.2, 0) is 4.79 Å². The van der Waals surface area contributed by atoms with E-state index in [-0.39, 0.29) is 6.54 Å². The molecule has 0 saturated heterocycles. The molecule has 5 nitrogen and oxygen atoms in total. The van der Waals surface area contributed by atoms with Crippen molar-refractivity contribution in [3.8, 4) is 0 Å². The lowest BCUT2D eigenvalue weighted by molar-refractivity contribution is -0.120. The van der Waals surface area contributed by atoms with Gasteiger partial charge >= 0.3 is 0 Å². The molecular formula is C10H11BrN4O. The summed E-state index contributed by atoms with van der Waals surface area (Å²) in [6.45, 7) is 0.263. The predicted octanol–water partition coefficient (Wildman–Crippen LogP) is 0.438. The summed E-state index contributed by atoms with van der Waals surface area (Å²) in [5, 5.41) is 5.73. The highest BCUT2D eigenvalue weighted by Gasteiger charge is 2.37. The van der Waals surface area contributed by atoms with E-state index in [9.17, 15) is 4.79 Å². The summed E-state index contributed by atoms with van der Waals surface area (Å²) in [5.41, 5.74) is 10.7. The van der Waals surface area contributed by atoms with Crippen LogP contribution in [0.1, 0.15) is 0 Å². The minimum atomic E-state index is -1.18. The van der Waals surface area contributed by atoms with Gasteiger partial charge in [0.15, 0.2) is 5.54 Å². The lowest BCUT2D eigenvalue weighted by atomic mass is 10.0. The monoisotopic (exact) mass is 282 g/mol. The van der Waals surface area contributed by atoms with Gasteiger partial charge in [-0.2, -0.15) is 5.10 Å². The molecule has 0 bridgehead atoms. The second kappa shape index (κ2) is 3.88. The molecule has 1 aliphatic heterocycles. The number of hydrogen-bond donors (Lipinski definition) is 2. The van der Waals surface area contributed by atoms with Crippen LogP contribution in [0.4, 0.5) is 5.69 Å². The highest BCUT2D eigenvalue weighted by Crippen LogP contribution is 2.23. The van der Waals surface area contributed by atoms with E-state index in [1.54, 1.807) is 5.01 Å². The van der Waals surface area contributed by atoms with E-state index in [1.807, 2.05) is 24.3 Å². The van der Waals surface area contributed by atoms with E-state index < -0.39 is 11.4 Å². The number of primary amides is 1. The molecule has 1 unspecified atom stereocenters. The third kappa shape index (κ3) is 1.94. The lowest BCUT2D eigenvalue weighted by Gasteiger charge is -2.20. The van der Waals surface area contributed by atoms with Gasteiger partial charge in [-0.25, -0.2) is 0 Å². The summed E-state index contributed by atoms with van der Waals surface area (Å²) in [6, 6.07) is 7.57. The second-order valence-electron chi connectivity index (χ2n) is 3.69. The zero-order chi connectivity index (χ0) is 11.8. The highest BCUT2D eigenvalue weighted by atomic mass is 79.9. The minimum absolute atomic E-state index is 0.263. The maximum absolute atomic E-state index is 11.1. The Labute approximate surface area is 101 Å². The van der Waals surface area contributed by atoms with Crippen molar-refractivity contribution in [3.63, 3.8) is 0 Å². The summed E-state index contributed by atoms with van der Waals surface area (Å²) in [5.74, 6) is -0.575. The van der Waals surface area contributed by atoms with Gasteiger partial charge in [-0.1, -0.05) is 22.0 Å². The van der Waals surface area contributed by atoms with Crippen LogP contribution in [0.25, 0.3) is 0 Å². The molecule has 6 heteroatoms. The first-order chi connectivity index (χ1) is 7.51. The van der Waals surface area contributed by atoms with Crippen LogP contribution in [0.2, 0.25) is 0 Å². The number of hydrogen-bond acceptors (Lipinski definition) is 4. The normalized spacial score (nSPS) is 23.8. The third-order valence-corrected chi connectivity index (χ3v) is 2.90. The van der Waals surface area contributed by atoms with Crippen molar-refractivity contribution in [1.29, 1.82) is 0 Å². The Hall–Kier alpha value is -1.40. The molecule has 16 heavy (non-hydrogen) atoms. The molecule has 1 aliphatic rings. The van der Waals surface area contributed by atoms with Gasteiger partial charge in [0.05, 0.1) is 18.4 Å². The van der Waals surface area contributed by atoms with Crippen molar-refractivity contribution < 1.29 is 4.79 Å². The maximum atomic E-state index is 11.1. The number of nitrogens with two attached hydrogens (primary N) is 2. The summed E-state index contributed by atoms with van der Waals surface area (Å²) in [7, 11) is 0. The van der Waals surface area contributed by atoms with Crippen LogP contribution in [0, 0.1) is 0 Å². The van der Waals surface area contributed by atoms with Gasteiger partial charge < -0.3 is 11.5 Å². The first kappa shape index (κ1) is 11.1. The number of rotatable bonds is 2. The quantitative estimate of drug-likeness (QED) is 0.825. The standard InChI is InChI=1S/C10H11BrN4O/c11-7-2-1-3-8(4-7)15-6-10(13,5-14-15)9(12)16/h1-5H,6,13H2,(H2,12,16). The SMILES string of the molecule is NC(=O)C1(N)C=NN(c2cccc(Br)c2)C1. The molecule has 1 aromatic rings. The zero-order valence-electron chi connectivity index (χ0n) is 8.43. The topological polar surface area (TPSA) is 84.7 Å². The third-order valence-electron chi connectivity index (χ3n) is 2.40. The molecule has 0 spiro atoms. The van der Waals surface area contributed by atoms with Crippen LogP contribution in [-0.4, -0.2) is 24.2 Å². The molecule has 0 aliphatic carbocycles. The van der Waals surface area contributed by atoms with E-state index in [1.165, 1.54) is 6.21 Å². The summed E-state index contributed by atoms with van der Waals surface area (Å²) < 4.78 is 0.939. The average Bonchev–Trinajstić information content (AvgIpc) is 2.62. The van der Waals surface area contributed by atoms with Crippen LogP contribution < -0.4 is 16.5 Å². The number of amides is 1.